The molecule has 1 aliphatic rings. The van der Waals surface area contributed by atoms with Crippen LogP contribution in [0.3, 0.4) is 0 Å². The van der Waals surface area contributed by atoms with Gasteiger partial charge in [0.25, 0.3) is 5.91 Å². The van der Waals surface area contributed by atoms with Gasteiger partial charge in [-0.25, -0.2) is 4.98 Å². The van der Waals surface area contributed by atoms with Crippen LogP contribution in [0.4, 0.5) is 0 Å². The van der Waals surface area contributed by atoms with Gasteiger partial charge < -0.3 is 10.0 Å². The molecule has 25 heavy (non-hydrogen) atoms. The van der Waals surface area contributed by atoms with E-state index < -0.39 is 5.60 Å². The third-order valence-corrected chi connectivity index (χ3v) is 6.56. The largest absolute Gasteiger partial charge is 0.384 e. The summed E-state index contributed by atoms with van der Waals surface area (Å²) in [7, 11) is 0. The van der Waals surface area contributed by atoms with Gasteiger partial charge in [-0.15, -0.1) is 11.3 Å². The summed E-state index contributed by atoms with van der Waals surface area (Å²) in [6.07, 6.45) is 2.76. The number of nitrogens with zero attached hydrogens (tertiary/aromatic N) is 3. The molecule has 3 heterocycles. The number of aromatic nitrogens is 2. The number of amides is 1. The number of aliphatic hydroxyl groups is 1. The van der Waals surface area contributed by atoms with Crippen LogP contribution in [-0.4, -0.2) is 39.0 Å². The first-order valence-corrected chi connectivity index (χ1v) is 9.70. The number of benzene rings is 1. The van der Waals surface area contributed by atoms with Crippen LogP contribution in [-0.2, 0) is 5.60 Å². The van der Waals surface area contributed by atoms with Crippen molar-refractivity contribution in [3.63, 3.8) is 0 Å². The van der Waals surface area contributed by atoms with Crippen molar-refractivity contribution in [2.45, 2.75) is 18.4 Å². The average Bonchev–Trinajstić information content (AvgIpc) is 3.08. The molecule has 0 aliphatic carbocycles. The van der Waals surface area contributed by atoms with Gasteiger partial charge >= 0.3 is 0 Å². The lowest BCUT2D eigenvalue weighted by Crippen LogP contribution is -2.45. The topological polar surface area (TPSA) is 66.3 Å². The fourth-order valence-electron chi connectivity index (χ4n) is 3.23. The molecule has 0 unspecified atom stereocenters. The zero-order valence-corrected chi connectivity index (χ0v) is 15.8. The predicted octanol–water partition coefficient (Wildman–Crippen LogP) is 3.58. The smallest absolute Gasteiger partial charge is 0.253 e. The molecule has 4 rings (SSSR count). The van der Waals surface area contributed by atoms with Gasteiger partial charge in [0.15, 0.2) is 0 Å². The molecular formula is C18H16BrN3O2S. The maximum atomic E-state index is 12.8. The lowest BCUT2D eigenvalue weighted by atomic mass is 9.90. The molecule has 1 fully saturated rings. The minimum Gasteiger partial charge on any atom is -0.384 e. The SMILES string of the molecule is O=C(c1ccc2ncccc2c1)N1CCC(O)(c2scnc2Br)CC1. The first-order chi connectivity index (χ1) is 12.1. The monoisotopic (exact) mass is 417 g/mol. The number of hydrogen-bond donors (Lipinski definition) is 1. The molecule has 1 saturated heterocycles. The molecule has 0 atom stereocenters. The number of fused-ring (bicyclic) bond motifs is 1. The van der Waals surface area contributed by atoms with Gasteiger partial charge in [-0.3, -0.25) is 9.78 Å². The van der Waals surface area contributed by atoms with Crippen LogP contribution in [0, 0.1) is 0 Å². The first-order valence-electron chi connectivity index (χ1n) is 8.03. The Morgan fingerprint density at radius 1 is 1.24 bits per heavy atom. The van der Waals surface area contributed by atoms with Crippen molar-refractivity contribution >= 4 is 44.1 Å². The van der Waals surface area contributed by atoms with E-state index in [9.17, 15) is 9.90 Å². The number of hydrogen-bond acceptors (Lipinski definition) is 5. The molecule has 2 aromatic heterocycles. The second kappa shape index (κ2) is 6.48. The number of pyridine rings is 1. The molecule has 1 aliphatic heterocycles. The van der Waals surface area contributed by atoms with Gasteiger partial charge in [0.1, 0.15) is 10.2 Å². The summed E-state index contributed by atoms with van der Waals surface area (Å²) in [6, 6.07) is 9.39. The van der Waals surface area contributed by atoms with Crippen molar-refractivity contribution in [1.29, 1.82) is 0 Å². The molecule has 0 spiro atoms. The highest BCUT2D eigenvalue weighted by atomic mass is 79.9. The Labute approximate surface area is 157 Å². The van der Waals surface area contributed by atoms with Crippen LogP contribution in [0.25, 0.3) is 10.9 Å². The quantitative estimate of drug-likeness (QED) is 0.691. The Morgan fingerprint density at radius 2 is 2.04 bits per heavy atom. The van der Waals surface area contributed by atoms with E-state index in [1.807, 2.05) is 30.3 Å². The van der Waals surface area contributed by atoms with Crippen LogP contribution in [0.2, 0.25) is 0 Å². The molecule has 1 amide bonds. The summed E-state index contributed by atoms with van der Waals surface area (Å²) in [5.74, 6) is -0.00354. The molecule has 0 bridgehead atoms. The molecule has 0 saturated carbocycles. The second-order valence-corrected chi connectivity index (χ2v) is 7.81. The van der Waals surface area contributed by atoms with E-state index in [-0.39, 0.29) is 5.91 Å². The Morgan fingerprint density at radius 3 is 2.76 bits per heavy atom. The van der Waals surface area contributed by atoms with Gasteiger partial charge in [-0.05, 0) is 53.0 Å². The lowest BCUT2D eigenvalue weighted by molar-refractivity contribution is -0.0189. The highest BCUT2D eigenvalue weighted by Crippen LogP contribution is 2.39. The van der Waals surface area contributed by atoms with Gasteiger partial charge in [0, 0.05) is 30.2 Å². The van der Waals surface area contributed by atoms with Gasteiger partial charge in [-0.2, -0.15) is 0 Å². The first kappa shape index (κ1) is 16.6. The second-order valence-electron chi connectivity index (χ2n) is 6.21. The molecule has 1 N–H and O–H groups in total. The van der Waals surface area contributed by atoms with Crippen LogP contribution >= 0.6 is 27.3 Å². The maximum Gasteiger partial charge on any atom is 0.253 e. The number of carbonyl (C=O) groups is 1. The fraction of sp³-hybridized carbons (Fsp3) is 0.278. The van der Waals surface area contributed by atoms with Crippen LogP contribution < -0.4 is 0 Å². The fourth-order valence-corrected chi connectivity index (χ4v) is 4.96. The van der Waals surface area contributed by atoms with Crippen LogP contribution in [0.15, 0.2) is 46.6 Å². The highest BCUT2D eigenvalue weighted by Gasteiger charge is 2.38. The summed E-state index contributed by atoms with van der Waals surface area (Å²) < 4.78 is 0.696. The van der Waals surface area contributed by atoms with Crippen molar-refractivity contribution in [1.82, 2.24) is 14.9 Å². The summed E-state index contributed by atoms with van der Waals surface area (Å²) in [6.45, 7) is 1.04. The zero-order valence-electron chi connectivity index (χ0n) is 13.4. The molecule has 1 aromatic carbocycles. The third-order valence-electron chi connectivity index (χ3n) is 4.67. The minimum atomic E-state index is -0.913. The van der Waals surface area contributed by atoms with Crippen molar-refractivity contribution in [2.24, 2.45) is 0 Å². The Hall–Kier alpha value is -1.83. The van der Waals surface area contributed by atoms with Gasteiger partial charge in [-0.1, -0.05) is 6.07 Å². The van der Waals surface area contributed by atoms with E-state index in [0.29, 0.717) is 36.1 Å². The Kier molecular flexibility index (Phi) is 4.31. The summed E-state index contributed by atoms with van der Waals surface area (Å²) in [4.78, 5) is 23.9. The van der Waals surface area contributed by atoms with E-state index in [1.54, 1.807) is 16.6 Å². The van der Waals surface area contributed by atoms with Gasteiger partial charge in [0.2, 0.25) is 0 Å². The Bertz CT molecular complexity index is 935. The summed E-state index contributed by atoms with van der Waals surface area (Å²) in [5.41, 5.74) is 2.34. The van der Waals surface area contributed by atoms with E-state index in [2.05, 4.69) is 25.9 Å². The lowest BCUT2D eigenvalue weighted by Gasteiger charge is -2.37. The number of piperidine rings is 1. The molecular weight excluding hydrogens is 402 g/mol. The predicted molar refractivity (Wildman–Crippen MR) is 101 cm³/mol. The molecule has 5 nitrogen and oxygen atoms in total. The molecule has 128 valence electrons. The maximum absolute atomic E-state index is 12.8. The number of thiazole rings is 1. The Balaban J connectivity index is 1.51. The molecule has 0 radical (unpaired) electrons. The number of carbonyl (C=O) groups excluding carboxylic acids is 1. The third kappa shape index (κ3) is 3.07. The number of likely N-dealkylation sites (tertiary alicyclic amines) is 1. The standard InChI is InChI=1S/C18H16BrN3O2S/c19-16-15(25-11-21-16)18(24)5-8-22(9-6-18)17(23)13-3-4-14-12(10-13)2-1-7-20-14/h1-4,7,10-11,24H,5-6,8-9H2. The zero-order chi connectivity index (χ0) is 17.4. The number of rotatable bonds is 2. The van der Waals surface area contributed by atoms with Gasteiger partial charge in [0.05, 0.1) is 15.9 Å². The highest BCUT2D eigenvalue weighted by molar-refractivity contribution is 9.10. The average molecular weight is 418 g/mol. The summed E-state index contributed by atoms with van der Waals surface area (Å²) >= 11 is 4.84. The van der Waals surface area contributed by atoms with Crippen molar-refractivity contribution in [3.05, 3.63) is 57.1 Å². The van der Waals surface area contributed by atoms with E-state index in [1.165, 1.54) is 11.3 Å². The molecule has 3 aromatic rings. The van der Waals surface area contributed by atoms with E-state index >= 15 is 0 Å². The summed E-state index contributed by atoms with van der Waals surface area (Å²) in [5, 5.41) is 11.9. The van der Waals surface area contributed by atoms with Crippen molar-refractivity contribution < 1.29 is 9.90 Å². The molecule has 7 heteroatoms. The van der Waals surface area contributed by atoms with Crippen LogP contribution in [0.5, 0.6) is 0 Å². The van der Waals surface area contributed by atoms with E-state index in [4.69, 9.17) is 0 Å². The van der Waals surface area contributed by atoms with Crippen LogP contribution in [0.1, 0.15) is 28.1 Å². The van der Waals surface area contributed by atoms with Crippen molar-refractivity contribution in [3.8, 4) is 0 Å². The number of halogens is 1. The normalized spacial score (nSPS) is 17.0. The minimum absolute atomic E-state index is 0.00354. The van der Waals surface area contributed by atoms with E-state index in [0.717, 1.165) is 15.8 Å². The van der Waals surface area contributed by atoms with Crippen molar-refractivity contribution in [2.75, 3.05) is 13.1 Å².